The smallest absolute Gasteiger partial charge is 0.416 e. The Balaban J connectivity index is 2.48. The molecule has 0 fully saturated rings. The van der Waals surface area contributed by atoms with Crippen LogP contribution in [-0.2, 0) is 17.4 Å². The number of nitrogens with zero attached hydrogens (tertiary/aromatic N) is 1. The zero-order chi connectivity index (χ0) is 12.6. The van der Waals surface area contributed by atoms with E-state index in [9.17, 15) is 18.0 Å². The Bertz CT molecular complexity index is 574. The molecule has 0 bridgehead atoms. The van der Waals surface area contributed by atoms with E-state index >= 15 is 0 Å². The van der Waals surface area contributed by atoms with Gasteiger partial charge in [-0.2, -0.15) is 18.3 Å². The van der Waals surface area contributed by atoms with Crippen molar-refractivity contribution in [2.75, 3.05) is 0 Å². The van der Waals surface area contributed by atoms with Crippen molar-refractivity contribution in [3.05, 3.63) is 29.5 Å². The predicted molar refractivity (Wildman–Crippen MR) is 52.4 cm³/mol. The van der Waals surface area contributed by atoms with E-state index in [1.165, 1.54) is 6.07 Å². The summed E-state index contributed by atoms with van der Waals surface area (Å²) in [6, 6.07) is 3.01. The summed E-state index contributed by atoms with van der Waals surface area (Å²) in [6.45, 7) is 0. The van der Waals surface area contributed by atoms with Gasteiger partial charge in [-0.3, -0.25) is 9.89 Å². The van der Waals surface area contributed by atoms with Gasteiger partial charge in [-0.1, -0.05) is 6.07 Å². The molecule has 0 aliphatic rings. The lowest BCUT2D eigenvalue weighted by molar-refractivity contribution is -0.138. The number of benzene rings is 1. The molecule has 0 saturated carbocycles. The summed E-state index contributed by atoms with van der Waals surface area (Å²) in [4.78, 5) is 10.5. The number of hydrogen-bond acceptors (Lipinski definition) is 2. The molecule has 0 atom stereocenters. The molecular formula is C10H7F3N2O2. The number of nitrogens with one attached hydrogen (secondary N) is 1. The molecule has 1 aromatic carbocycles. The maximum atomic E-state index is 12.4. The van der Waals surface area contributed by atoms with Gasteiger partial charge in [-0.05, 0) is 12.1 Å². The van der Waals surface area contributed by atoms with E-state index in [0.717, 1.165) is 12.1 Å². The quantitative estimate of drug-likeness (QED) is 0.851. The number of fused-ring (bicyclic) bond motifs is 1. The molecule has 2 rings (SSSR count). The number of carboxylic acids is 1. The molecule has 1 aromatic heterocycles. The van der Waals surface area contributed by atoms with E-state index in [0.29, 0.717) is 11.1 Å². The summed E-state index contributed by atoms with van der Waals surface area (Å²) >= 11 is 0. The van der Waals surface area contributed by atoms with E-state index in [-0.39, 0.29) is 11.9 Å². The molecule has 0 radical (unpaired) electrons. The molecule has 1 heterocycles. The summed E-state index contributed by atoms with van der Waals surface area (Å²) in [7, 11) is 0. The summed E-state index contributed by atoms with van der Waals surface area (Å²) < 4.78 is 37.2. The Kier molecular flexibility index (Phi) is 2.53. The number of alkyl halides is 3. The first-order chi connectivity index (χ1) is 7.88. The third-order valence-corrected chi connectivity index (χ3v) is 2.29. The second-order valence-corrected chi connectivity index (χ2v) is 3.50. The van der Waals surface area contributed by atoms with Crippen LogP contribution in [0.25, 0.3) is 10.9 Å². The highest BCUT2D eigenvalue weighted by molar-refractivity contribution is 5.85. The third-order valence-electron chi connectivity index (χ3n) is 2.29. The summed E-state index contributed by atoms with van der Waals surface area (Å²) in [5.41, 5.74) is -0.407. The van der Waals surface area contributed by atoms with Crippen LogP contribution in [0.5, 0.6) is 0 Å². The van der Waals surface area contributed by atoms with Crippen molar-refractivity contribution in [1.29, 1.82) is 0 Å². The SMILES string of the molecule is O=C(O)Cc1[nH]nc2cc(C(F)(F)F)ccc12. The van der Waals surface area contributed by atoms with Crippen LogP contribution in [0.4, 0.5) is 13.2 Å². The van der Waals surface area contributed by atoms with Gasteiger partial charge in [0.1, 0.15) is 0 Å². The van der Waals surface area contributed by atoms with Crippen LogP contribution < -0.4 is 0 Å². The molecule has 17 heavy (non-hydrogen) atoms. The van der Waals surface area contributed by atoms with Gasteiger partial charge in [0, 0.05) is 5.39 Å². The van der Waals surface area contributed by atoms with Crippen molar-refractivity contribution in [2.45, 2.75) is 12.6 Å². The first kappa shape index (κ1) is 11.4. The van der Waals surface area contributed by atoms with Crippen molar-refractivity contribution in [3.63, 3.8) is 0 Å². The van der Waals surface area contributed by atoms with Crippen molar-refractivity contribution in [3.8, 4) is 0 Å². The van der Waals surface area contributed by atoms with Gasteiger partial charge in [-0.25, -0.2) is 0 Å². The summed E-state index contributed by atoms with van der Waals surface area (Å²) in [6.07, 6.45) is -4.73. The Morgan fingerprint density at radius 2 is 2.12 bits per heavy atom. The van der Waals surface area contributed by atoms with Crippen LogP contribution >= 0.6 is 0 Å². The van der Waals surface area contributed by atoms with Gasteiger partial charge in [0.05, 0.1) is 23.2 Å². The van der Waals surface area contributed by atoms with Gasteiger partial charge in [-0.15, -0.1) is 0 Å². The van der Waals surface area contributed by atoms with E-state index in [2.05, 4.69) is 10.2 Å². The molecular weight excluding hydrogens is 237 g/mol. The standard InChI is InChI=1S/C10H7F3N2O2/c11-10(12,13)5-1-2-6-7(3-5)14-15-8(6)4-9(16)17/h1-3H,4H2,(H,14,15)(H,16,17). The van der Waals surface area contributed by atoms with E-state index < -0.39 is 17.7 Å². The monoisotopic (exact) mass is 244 g/mol. The number of carboxylic acid groups (broad SMARTS) is 1. The average molecular weight is 244 g/mol. The molecule has 0 saturated heterocycles. The van der Waals surface area contributed by atoms with Crippen LogP contribution in [0.15, 0.2) is 18.2 Å². The van der Waals surface area contributed by atoms with Crippen LogP contribution in [0.2, 0.25) is 0 Å². The average Bonchev–Trinajstić information content (AvgIpc) is 2.59. The molecule has 4 nitrogen and oxygen atoms in total. The lowest BCUT2D eigenvalue weighted by Crippen LogP contribution is -2.04. The van der Waals surface area contributed by atoms with Crippen LogP contribution in [0.1, 0.15) is 11.3 Å². The van der Waals surface area contributed by atoms with Gasteiger partial charge in [0.25, 0.3) is 0 Å². The van der Waals surface area contributed by atoms with Crippen molar-refractivity contribution < 1.29 is 23.1 Å². The molecule has 0 unspecified atom stereocenters. The molecule has 2 N–H and O–H groups in total. The van der Waals surface area contributed by atoms with Gasteiger partial charge in [0.15, 0.2) is 0 Å². The fourth-order valence-electron chi connectivity index (χ4n) is 1.53. The Morgan fingerprint density at radius 3 is 2.71 bits per heavy atom. The lowest BCUT2D eigenvalue weighted by Gasteiger charge is -2.05. The van der Waals surface area contributed by atoms with Crippen molar-refractivity contribution in [1.82, 2.24) is 10.2 Å². The molecule has 0 aliphatic carbocycles. The molecule has 0 amide bonds. The highest BCUT2D eigenvalue weighted by atomic mass is 19.4. The fraction of sp³-hybridized carbons (Fsp3) is 0.200. The van der Waals surface area contributed by atoms with E-state index in [1.807, 2.05) is 0 Å². The zero-order valence-corrected chi connectivity index (χ0v) is 8.38. The largest absolute Gasteiger partial charge is 0.481 e. The predicted octanol–water partition coefficient (Wildman–Crippen LogP) is 2.21. The van der Waals surface area contributed by atoms with Gasteiger partial charge >= 0.3 is 12.1 Å². The first-order valence-electron chi connectivity index (χ1n) is 4.64. The number of hydrogen-bond donors (Lipinski definition) is 2. The van der Waals surface area contributed by atoms with E-state index in [1.54, 1.807) is 0 Å². The maximum absolute atomic E-state index is 12.4. The second-order valence-electron chi connectivity index (χ2n) is 3.50. The van der Waals surface area contributed by atoms with E-state index in [4.69, 9.17) is 5.11 Å². The van der Waals surface area contributed by atoms with Crippen LogP contribution in [0.3, 0.4) is 0 Å². The Labute approximate surface area is 93.1 Å². The minimum Gasteiger partial charge on any atom is -0.481 e. The van der Waals surface area contributed by atoms with Crippen molar-refractivity contribution in [2.24, 2.45) is 0 Å². The number of carbonyl (C=O) groups is 1. The highest BCUT2D eigenvalue weighted by Crippen LogP contribution is 2.31. The number of H-pyrrole nitrogens is 1. The molecule has 2 aromatic rings. The van der Waals surface area contributed by atoms with Crippen LogP contribution in [0, 0.1) is 0 Å². The van der Waals surface area contributed by atoms with Crippen molar-refractivity contribution >= 4 is 16.9 Å². The van der Waals surface area contributed by atoms with Crippen LogP contribution in [-0.4, -0.2) is 21.3 Å². The minimum absolute atomic E-state index is 0.107. The normalized spacial score (nSPS) is 11.9. The summed E-state index contributed by atoms with van der Waals surface area (Å²) in [5, 5.41) is 15.1. The lowest BCUT2D eigenvalue weighted by atomic mass is 10.1. The third kappa shape index (κ3) is 2.22. The van der Waals surface area contributed by atoms with Gasteiger partial charge < -0.3 is 5.11 Å². The number of aromatic nitrogens is 2. The molecule has 90 valence electrons. The maximum Gasteiger partial charge on any atom is 0.416 e. The highest BCUT2D eigenvalue weighted by Gasteiger charge is 2.30. The number of rotatable bonds is 2. The first-order valence-corrected chi connectivity index (χ1v) is 4.64. The topological polar surface area (TPSA) is 66.0 Å². The fourth-order valence-corrected chi connectivity index (χ4v) is 1.53. The Morgan fingerprint density at radius 1 is 1.41 bits per heavy atom. The molecule has 0 spiro atoms. The number of aromatic amines is 1. The minimum atomic E-state index is -4.43. The number of aliphatic carboxylic acids is 1. The molecule has 7 heteroatoms. The second kappa shape index (κ2) is 3.76. The Hall–Kier alpha value is -2.05. The molecule has 0 aliphatic heterocycles. The summed E-state index contributed by atoms with van der Waals surface area (Å²) in [5.74, 6) is -1.07. The zero-order valence-electron chi connectivity index (χ0n) is 8.38. The number of halogens is 3. The van der Waals surface area contributed by atoms with Gasteiger partial charge in [0.2, 0.25) is 0 Å².